The molecule has 1 aromatic carbocycles. The number of fused-ring (bicyclic) bond motifs is 1. The molecule has 96 valence electrons. The zero-order chi connectivity index (χ0) is 12.5. The summed E-state index contributed by atoms with van der Waals surface area (Å²) < 4.78 is 0. The maximum Gasteiger partial charge on any atom is 0.223 e. The number of amides is 1. The van der Waals surface area contributed by atoms with Crippen LogP contribution in [0, 0.1) is 17.8 Å². The molecule has 2 aliphatic carbocycles. The Balaban J connectivity index is 1.51. The van der Waals surface area contributed by atoms with E-state index < -0.39 is 0 Å². The first-order valence-corrected chi connectivity index (χ1v) is 6.88. The first kappa shape index (κ1) is 11.6. The molecule has 0 aromatic heterocycles. The van der Waals surface area contributed by atoms with Crippen molar-refractivity contribution in [1.29, 1.82) is 0 Å². The van der Waals surface area contributed by atoms with E-state index in [2.05, 4.69) is 5.32 Å². The molecule has 3 rings (SSSR count). The highest BCUT2D eigenvalue weighted by atomic mass is 16.2. The highest BCUT2D eigenvalue weighted by Gasteiger charge is 2.54. The highest BCUT2D eigenvalue weighted by Crippen LogP contribution is 2.55. The van der Waals surface area contributed by atoms with E-state index in [9.17, 15) is 4.79 Å². The van der Waals surface area contributed by atoms with E-state index in [0.717, 1.165) is 11.3 Å². The van der Waals surface area contributed by atoms with Gasteiger partial charge in [0.15, 0.2) is 0 Å². The summed E-state index contributed by atoms with van der Waals surface area (Å²) in [6.07, 6.45) is 5.13. The van der Waals surface area contributed by atoms with E-state index >= 15 is 0 Å². The molecule has 1 amide bonds. The molecule has 0 saturated heterocycles. The third kappa shape index (κ3) is 2.22. The first-order chi connectivity index (χ1) is 8.75. The van der Waals surface area contributed by atoms with Crippen LogP contribution in [-0.4, -0.2) is 5.91 Å². The SMILES string of the molecule is Nc1ccc(CNC(=O)C2C3CCCCC32)cc1. The van der Waals surface area contributed by atoms with Crippen molar-refractivity contribution in [3.63, 3.8) is 0 Å². The number of hydrogen-bond donors (Lipinski definition) is 2. The van der Waals surface area contributed by atoms with Gasteiger partial charge in [0.2, 0.25) is 5.91 Å². The molecule has 2 atom stereocenters. The second-order valence-electron chi connectivity index (χ2n) is 5.60. The van der Waals surface area contributed by atoms with Gasteiger partial charge in [-0.3, -0.25) is 4.79 Å². The summed E-state index contributed by atoms with van der Waals surface area (Å²) in [6, 6.07) is 7.68. The topological polar surface area (TPSA) is 55.1 Å². The summed E-state index contributed by atoms with van der Waals surface area (Å²) in [6.45, 7) is 0.620. The largest absolute Gasteiger partial charge is 0.399 e. The average Bonchev–Trinajstić information content (AvgIpc) is 3.12. The molecule has 0 bridgehead atoms. The molecule has 0 heterocycles. The minimum absolute atomic E-state index is 0.253. The van der Waals surface area contributed by atoms with Crippen molar-refractivity contribution in [3.05, 3.63) is 29.8 Å². The van der Waals surface area contributed by atoms with Gasteiger partial charge in [0.1, 0.15) is 0 Å². The van der Waals surface area contributed by atoms with E-state index in [0.29, 0.717) is 24.3 Å². The van der Waals surface area contributed by atoms with Crippen LogP contribution in [0.25, 0.3) is 0 Å². The molecule has 2 unspecified atom stereocenters. The summed E-state index contributed by atoms with van der Waals surface area (Å²) in [5.74, 6) is 1.93. The van der Waals surface area contributed by atoms with Crippen LogP contribution in [0.1, 0.15) is 31.2 Å². The standard InChI is InChI=1S/C15H20N2O/c16-11-7-5-10(6-8-11)9-17-15(18)14-12-3-1-2-4-13(12)14/h5-8,12-14H,1-4,9,16H2,(H,17,18). The predicted octanol–water partition coefficient (Wildman–Crippen LogP) is 2.32. The van der Waals surface area contributed by atoms with Crippen molar-refractivity contribution in [2.75, 3.05) is 5.73 Å². The second-order valence-corrected chi connectivity index (χ2v) is 5.60. The number of benzene rings is 1. The number of rotatable bonds is 3. The fourth-order valence-electron chi connectivity index (χ4n) is 3.32. The van der Waals surface area contributed by atoms with Crippen molar-refractivity contribution in [2.45, 2.75) is 32.2 Å². The lowest BCUT2D eigenvalue weighted by atomic mass is 10.0. The van der Waals surface area contributed by atoms with Gasteiger partial charge in [0.05, 0.1) is 0 Å². The van der Waals surface area contributed by atoms with Crippen LogP contribution in [0.15, 0.2) is 24.3 Å². The molecule has 1 aromatic rings. The van der Waals surface area contributed by atoms with Crippen molar-refractivity contribution < 1.29 is 4.79 Å². The van der Waals surface area contributed by atoms with Crippen LogP contribution in [0.5, 0.6) is 0 Å². The van der Waals surface area contributed by atoms with E-state index in [4.69, 9.17) is 5.73 Å². The van der Waals surface area contributed by atoms with Crippen LogP contribution < -0.4 is 11.1 Å². The quantitative estimate of drug-likeness (QED) is 0.802. The van der Waals surface area contributed by atoms with Gasteiger partial charge >= 0.3 is 0 Å². The molecular formula is C15H20N2O. The van der Waals surface area contributed by atoms with Gasteiger partial charge in [-0.1, -0.05) is 25.0 Å². The van der Waals surface area contributed by atoms with Crippen molar-refractivity contribution in [2.24, 2.45) is 17.8 Å². The number of carbonyl (C=O) groups is 1. The van der Waals surface area contributed by atoms with Gasteiger partial charge in [-0.2, -0.15) is 0 Å². The third-order valence-corrected chi connectivity index (χ3v) is 4.41. The number of hydrogen-bond acceptors (Lipinski definition) is 2. The van der Waals surface area contributed by atoms with Crippen molar-refractivity contribution >= 4 is 11.6 Å². The number of nitrogen functional groups attached to an aromatic ring is 1. The fraction of sp³-hybridized carbons (Fsp3) is 0.533. The van der Waals surface area contributed by atoms with Gasteiger partial charge in [0.25, 0.3) is 0 Å². The van der Waals surface area contributed by atoms with E-state index in [1.54, 1.807) is 0 Å². The number of carbonyl (C=O) groups excluding carboxylic acids is 1. The van der Waals surface area contributed by atoms with Gasteiger partial charge in [-0.25, -0.2) is 0 Å². The van der Waals surface area contributed by atoms with Crippen LogP contribution in [0.4, 0.5) is 5.69 Å². The highest BCUT2D eigenvalue weighted by molar-refractivity contribution is 5.82. The Morgan fingerprint density at radius 1 is 1.17 bits per heavy atom. The Labute approximate surface area is 108 Å². The molecule has 2 aliphatic rings. The molecular weight excluding hydrogens is 224 g/mol. The van der Waals surface area contributed by atoms with Crippen LogP contribution >= 0.6 is 0 Å². The van der Waals surface area contributed by atoms with Gasteiger partial charge in [-0.05, 0) is 42.4 Å². The summed E-state index contributed by atoms with van der Waals surface area (Å²) >= 11 is 0. The Hall–Kier alpha value is -1.51. The van der Waals surface area contributed by atoms with E-state index in [1.165, 1.54) is 25.7 Å². The van der Waals surface area contributed by atoms with Crippen LogP contribution in [-0.2, 0) is 11.3 Å². The lowest BCUT2D eigenvalue weighted by Crippen LogP contribution is -2.25. The summed E-state index contributed by atoms with van der Waals surface area (Å²) in [5, 5.41) is 3.06. The monoisotopic (exact) mass is 244 g/mol. The maximum atomic E-state index is 12.1. The third-order valence-electron chi connectivity index (χ3n) is 4.41. The zero-order valence-electron chi connectivity index (χ0n) is 10.6. The Morgan fingerprint density at radius 2 is 1.78 bits per heavy atom. The van der Waals surface area contributed by atoms with Gasteiger partial charge in [-0.15, -0.1) is 0 Å². The summed E-state index contributed by atoms with van der Waals surface area (Å²) in [7, 11) is 0. The molecule has 2 saturated carbocycles. The molecule has 3 heteroatoms. The summed E-state index contributed by atoms with van der Waals surface area (Å²) in [4.78, 5) is 12.1. The minimum Gasteiger partial charge on any atom is -0.399 e. The van der Waals surface area contributed by atoms with E-state index in [-0.39, 0.29) is 5.91 Å². The molecule has 0 aliphatic heterocycles. The van der Waals surface area contributed by atoms with Crippen molar-refractivity contribution in [3.8, 4) is 0 Å². The van der Waals surface area contributed by atoms with Crippen LogP contribution in [0.2, 0.25) is 0 Å². The van der Waals surface area contributed by atoms with Gasteiger partial charge in [0, 0.05) is 18.2 Å². The smallest absolute Gasteiger partial charge is 0.223 e. The van der Waals surface area contributed by atoms with Crippen molar-refractivity contribution in [1.82, 2.24) is 5.32 Å². The van der Waals surface area contributed by atoms with Crippen LogP contribution in [0.3, 0.4) is 0 Å². The summed E-state index contributed by atoms with van der Waals surface area (Å²) in [5.41, 5.74) is 7.51. The second kappa shape index (κ2) is 4.63. The molecule has 3 N–H and O–H groups in total. The number of nitrogens with one attached hydrogen (secondary N) is 1. The molecule has 18 heavy (non-hydrogen) atoms. The Bertz CT molecular complexity index is 428. The molecule has 0 radical (unpaired) electrons. The Kier molecular flexibility index (Phi) is 2.98. The predicted molar refractivity (Wildman–Crippen MR) is 71.6 cm³/mol. The lowest BCUT2D eigenvalue weighted by Gasteiger charge is -2.05. The van der Waals surface area contributed by atoms with Gasteiger partial charge < -0.3 is 11.1 Å². The molecule has 3 nitrogen and oxygen atoms in total. The number of nitrogens with two attached hydrogens (primary N) is 1. The first-order valence-electron chi connectivity index (χ1n) is 6.88. The molecule has 2 fully saturated rings. The zero-order valence-corrected chi connectivity index (χ0v) is 10.6. The lowest BCUT2D eigenvalue weighted by molar-refractivity contribution is -0.123. The fourth-order valence-corrected chi connectivity index (χ4v) is 3.32. The minimum atomic E-state index is 0.253. The average molecular weight is 244 g/mol. The Morgan fingerprint density at radius 3 is 2.39 bits per heavy atom. The molecule has 0 spiro atoms. The maximum absolute atomic E-state index is 12.1. The normalized spacial score (nSPS) is 29.4. The number of anilines is 1. The van der Waals surface area contributed by atoms with E-state index in [1.807, 2.05) is 24.3 Å².